The fourth-order valence-electron chi connectivity index (χ4n) is 4.86. The Hall–Kier alpha value is -3.30. The van der Waals surface area contributed by atoms with E-state index in [-0.39, 0.29) is 11.7 Å². The van der Waals surface area contributed by atoms with Crippen LogP contribution in [0.15, 0.2) is 53.7 Å². The molecular formula is C27H34N6O3. The normalized spacial score (nSPS) is 18.8. The molecule has 0 saturated carbocycles. The molecule has 2 aromatic heterocycles. The van der Waals surface area contributed by atoms with E-state index in [0.29, 0.717) is 37.0 Å². The Morgan fingerprint density at radius 2 is 1.89 bits per heavy atom. The van der Waals surface area contributed by atoms with Gasteiger partial charge >= 0.3 is 0 Å². The average molecular weight is 491 g/mol. The van der Waals surface area contributed by atoms with Crippen LogP contribution in [0.2, 0.25) is 0 Å². The van der Waals surface area contributed by atoms with Gasteiger partial charge in [-0.2, -0.15) is 0 Å². The van der Waals surface area contributed by atoms with Crippen LogP contribution >= 0.6 is 0 Å². The van der Waals surface area contributed by atoms with Gasteiger partial charge in [0.15, 0.2) is 0 Å². The van der Waals surface area contributed by atoms with E-state index in [4.69, 9.17) is 14.5 Å². The van der Waals surface area contributed by atoms with E-state index in [9.17, 15) is 4.79 Å². The van der Waals surface area contributed by atoms with Crippen LogP contribution in [-0.4, -0.2) is 70.4 Å². The number of piperidine rings is 1. The molecular weight excluding hydrogens is 456 g/mol. The van der Waals surface area contributed by atoms with Crippen molar-refractivity contribution in [3.63, 3.8) is 0 Å². The summed E-state index contributed by atoms with van der Waals surface area (Å²) >= 11 is 0. The number of hydrogen-bond donors (Lipinski definition) is 0. The lowest BCUT2D eigenvalue weighted by molar-refractivity contribution is 0.0389. The van der Waals surface area contributed by atoms with Gasteiger partial charge in [-0.1, -0.05) is 18.6 Å². The summed E-state index contributed by atoms with van der Waals surface area (Å²) in [6.45, 7) is 6.09. The van der Waals surface area contributed by atoms with Crippen LogP contribution in [0.4, 0.5) is 5.95 Å². The van der Waals surface area contributed by atoms with Crippen LogP contribution in [0.5, 0.6) is 5.75 Å². The van der Waals surface area contributed by atoms with Gasteiger partial charge in [0, 0.05) is 32.4 Å². The minimum atomic E-state index is -0.126. The molecule has 0 aliphatic carbocycles. The highest BCUT2D eigenvalue weighted by Gasteiger charge is 2.25. The number of nitrogens with zero attached hydrogens (tertiary/aromatic N) is 6. The SMILES string of the molecule is Cn1c(N2CCO[C@@H](c3ccc(OCCCN4CCCCC4)cc3)C2)nc(-c2ccncn2)cc1=O. The van der Waals surface area contributed by atoms with Crippen molar-refractivity contribution in [1.29, 1.82) is 0 Å². The molecule has 2 saturated heterocycles. The maximum Gasteiger partial charge on any atom is 0.255 e. The molecule has 0 N–H and O–H groups in total. The predicted molar refractivity (Wildman–Crippen MR) is 138 cm³/mol. The van der Waals surface area contributed by atoms with Gasteiger partial charge in [0.25, 0.3) is 5.56 Å². The zero-order valence-electron chi connectivity index (χ0n) is 20.9. The molecule has 0 unspecified atom stereocenters. The second-order valence-corrected chi connectivity index (χ2v) is 9.41. The van der Waals surface area contributed by atoms with Crippen molar-refractivity contribution in [3.8, 4) is 17.1 Å². The molecule has 36 heavy (non-hydrogen) atoms. The molecule has 1 aromatic carbocycles. The fourth-order valence-corrected chi connectivity index (χ4v) is 4.86. The Morgan fingerprint density at radius 1 is 1.06 bits per heavy atom. The summed E-state index contributed by atoms with van der Waals surface area (Å²) in [5.41, 5.74) is 2.12. The maximum absolute atomic E-state index is 12.7. The minimum absolute atomic E-state index is 0.119. The summed E-state index contributed by atoms with van der Waals surface area (Å²) in [6.07, 6.45) is 8.04. The number of anilines is 1. The van der Waals surface area contributed by atoms with Crippen molar-refractivity contribution in [2.75, 3.05) is 50.8 Å². The summed E-state index contributed by atoms with van der Waals surface area (Å²) in [5, 5.41) is 0. The number of aromatic nitrogens is 4. The summed E-state index contributed by atoms with van der Waals surface area (Å²) in [6, 6.07) is 11.4. The molecule has 3 aromatic rings. The lowest BCUT2D eigenvalue weighted by Crippen LogP contribution is -2.41. The number of morpholine rings is 1. The molecule has 0 spiro atoms. The zero-order chi connectivity index (χ0) is 24.7. The number of rotatable bonds is 8. The first-order valence-corrected chi connectivity index (χ1v) is 12.8. The summed E-state index contributed by atoms with van der Waals surface area (Å²) in [5.74, 6) is 1.49. The van der Waals surface area contributed by atoms with Crippen molar-refractivity contribution < 1.29 is 9.47 Å². The van der Waals surface area contributed by atoms with Crippen LogP contribution in [0.3, 0.4) is 0 Å². The highest BCUT2D eigenvalue weighted by Crippen LogP contribution is 2.27. The largest absolute Gasteiger partial charge is 0.494 e. The monoisotopic (exact) mass is 490 g/mol. The minimum Gasteiger partial charge on any atom is -0.494 e. The van der Waals surface area contributed by atoms with E-state index < -0.39 is 0 Å². The second kappa shape index (κ2) is 11.6. The number of hydrogen-bond acceptors (Lipinski definition) is 8. The zero-order valence-corrected chi connectivity index (χ0v) is 20.9. The third-order valence-corrected chi connectivity index (χ3v) is 6.89. The van der Waals surface area contributed by atoms with E-state index in [2.05, 4.69) is 31.9 Å². The van der Waals surface area contributed by atoms with Crippen LogP contribution in [0.25, 0.3) is 11.4 Å². The predicted octanol–water partition coefficient (Wildman–Crippen LogP) is 3.07. The Bertz CT molecular complexity index is 1180. The van der Waals surface area contributed by atoms with Gasteiger partial charge in [-0.25, -0.2) is 15.0 Å². The van der Waals surface area contributed by atoms with Crippen molar-refractivity contribution in [2.45, 2.75) is 31.8 Å². The fraction of sp³-hybridized carbons (Fsp3) is 0.481. The molecule has 9 heteroatoms. The molecule has 9 nitrogen and oxygen atoms in total. The van der Waals surface area contributed by atoms with Gasteiger partial charge in [-0.15, -0.1) is 0 Å². The molecule has 0 radical (unpaired) electrons. The third kappa shape index (κ3) is 5.91. The second-order valence-electron chi connectivity index (χ2n) is 9.41. The topological polar surface area (TPSA) is 85.6 Å². The molecule has 190 valence electrons. The Labute approximate surface area is 211 Å². The summed E-state index contributed by atoms with van der Waals surface area (Å²) in [4.78, 5) is 30.3. The Balaban J connectivity index is 1.21. The molecule has 2 aliphatic heterocycles. The van der Waals surface area contributed by atoms with Gasteiger partial charge in [0.05, 0.1) is 31.1 Å². The van der Waals surface area contributed by atoms with Crippen LogP contribution < -0.4 is 15.2 Å². The van der Waals surface area contributed by atoms with E-state index in [1.165, 1.54) is 44.7 Å². The van der Waals surface area contributed by atoms with Gasteiger partial charge in [-0.05, 0) is 56.1 Å². The van der Waals surface area contributed by atoms with Crippen molar-refractivity contribution in [3.05, 3.63) is 64.8 Å². The van der Waals surface area contributed by atoms with E-state index in [1.54, 1.807) is 23.9 Å². The lowest BCUT2D eigenvalue weighted by Gasteiger charge is -2.34. The van der Waals surface area contributed by atoms with Crippen molar-refractivity contribution in [2.24, 2.45) is 7.05 Å². The molecule has 5 rings (SSSR count). The first-order valence-electron chi connectivity index (χ1n) is 12.8. The van der Waals surface area contributed by atoms with Gasteiger partial charge in [0.2, 0.25) is 5.95 Å². The molecule has 0 amide bonds. The molecule has 4 heterocycles. The highest BCUT2D eigenvalue weighted by atomic mass is 16.5. The van der Waals surface area contributed by atoms with Gasteiger partial charge in [-0.3, -0.25) is 9.36 Å². The number of ether oxygens (including phenoxy) is 2. The van der Waals surface area contributed by atoms with Gasteiger partial charge < -0.3 is 19.3 Å². The van der Waals surface area contributed by atoms with E-state index in [0.717, 1.165) is 30.9 Å². The highest BCUT2D eigenvalue weighted by molar-refractivity contribution is 5.55. The summed E-state index contributed by atoms with van der Waals surface area (Å²) < 4.78 is 13.6. The Kier molecular flexibility index (Phi) is 7.88. The summed E-state index contributed by atoms with van der Waals surface area (Å²) in [7, 11) is 1.75. The van der Waals surface area contributed by atoms with Crippen LogP contribution in [-0.2, 0) is 11.8 Å². The van der Waals surface area contributed by atoms with E-state index >= 15 is 0 Å². The van der Waals surface area contributed by atoms with E-state index in [1.807, 2.05) is 12.1 Å². The maximum atomic E-state index is 12.7. The van der Waals surface area contributed by atoms with Crippen molar-refractivity contribution >= 4 is 5.95 Å². The average Bonchev–Trinajstić information content (AvgIpc) is 2.94. The quantitative estimate of drug-likeness (QED) is 0.446. The first kappa shape index (κ1) is 24.4. The first-order chi connectivity index (χ1) is 17.7. The number of benzene rings is 1. The van der Waals surface area contributed by atoms with Crippen molar-refractivity contribution in [1.82, 2.24) is 24.4 Å². The molecule has 1 atom stereocenters. The Morgan fingerprint density at radius 3 is 2.67 bits per heavy atom. The number of likely N-dealkylation sites (tertiary alicyclic amines) is 1. The van der Waals surface area contributed by atoms with Crippen LogP contribution in [0.1, 0.15) is 37.4 Å². The van der Waals surface area contributed by atoms with Crippen LogP contribution in [0, 0.1) is 0 Å². The third-order valence-electron chi connectivity index (χ3n) is 6.89. The molecule has 2 aliphatic rings. The van der Waals surface area contributed by atoms with Gasteiger partial charge in [0.1, 0.15) is 18.2 Å². The standard InChI is InChI=1S/C27H34N6O3/c1-31-26(34)18-24(23-10-11-28-20-29-23)30-27(31)33-15-17-36-25(19-33)21-6-8-22(9-7-21)35-16-5-14-32-12-3-2-4-13-32/h6-11,18,20,25H,2-5,12-17,19H2,1H3/t25-/m1/s1. The lowest BCUT2D eigenvalue weighted by atomic mass is 10.1. The smallest absolute Gasteiger partial charge is 0.255 e. The molecule has 0 bridgehead atoms. The molecule has 2 fully saturated rings.